The van der Waals surface area contributed by atoms with E-state index in [0.717, 1.165) is 18.8 Å². The van der Waals surface area contributed by atoms with Crippen LogP contribution in [0.25, 0.3) is 0 Å². The summed E-state index contributed by atoms with van der Waals surface area (Å²) in [6, 6.07) is 12.8. The van der Waals surface area contributed by atoms with Crippen molar-refractivity contribution in [3.63, 3.8) is 0 Å². The van der Waals surface area contributed by atoms with Crippen LogP contribution >= 0.6 is 0 Å². The Bertz CT molecular complexity index is 523. The number of nitrogens with one attached hydrogen (secondary N) is 1. The smallest absolute Gasteiger partial charge is 0.119 e. The van der Waals surface area contributed by atoms with Gasteiger partial charge < -0.3 is 10.2 Å². The average Bonchev–Trinajstić information content (AvgIpc) is 2.77. The molecule has 0 aliphatic heterocycles. The lowest BCUT2D eigenvalue weighted by molar-refractivity contribution is 0.317. The molecular weight excluding hydrogens is 248 g/mol. The molecule has 2 rings (SSSR count). The molecule has 2 aromatic rings. The number of aromatic nitrogens is 1. The summed E-state index contributed by atoms with van der Waals surface area (Å²) in [4.78, 5) is 0. The molecule has 3 heteroatoms. The number of hydrogen-bond acceptors (Lipinski definition) is 2. The first-order valence-electron chi connectivity index (χ1n) is 7.26. The lowest BCUT2D eigenvalue weighted by atomic mass is 10.1. The van der Waals surface area contributed by atoms with Gasteiger partial charge in [0.1, 0.15) is 5.75 Å². The standard InChI is InChI=1S/C17H24N2O/c1-5-12-20-17-10-8-16(9-11-17)15(4)18-19-13(2)6-7-14(19)3/h6-11,15,18H,5,12H2,1-4H3. The Hall–Kier alpha value is -1.90. The summed E-state index contributed by atoms with van der Waals surface area (Å²) in [7, 11) is 0. The van der Waals surface area contributed by atoms with Gasteiger partial charge in [0.2, 0.25) is 0 Å². The van der Waals surface area contributed by atoms with E-state index in [-0.39, 0.29) is 6.04 Å². The molecule has 1 N–H and O–H groups in total. The molecule has 1 aromatic heterocycles. The summed E-state index contributed by atoms with van der Waals surface area (Å²) in [6.45, 7) is 9.26. The van der Waals surface area contributed by atoms with Gasteiger partial charge in [-0.05, 0) is 57.0 Å². The minimum Gasteiger partial charge on any atom is -0.494 e. The van der Waals surface area contributed by atoms with E-state index in [1.165, 1.54) is 17.0 Å². The SMILES string of the molecule is CCCOc1ccc(C(C)Nn2c(C)ccc2C)cc1. The molecule has 0 fully saturated rings. The fourth-order valence-electron chi connectivity index (χ4n) is 2.21. The topological polar surface area (TPSA) is 26.2 Å². The van der Waals surface area contributed by atoms with Crippen LogP contribution in [0.4, 0.5) is 0 Å². The fourth-order valence-corrected chi connectivity index (χ4v) is 2.21. The molecule has 0 saturated carbocycles. The number of nitrogens with zero attached hydrogens (tertiary/aromatic N) is 1. The van der Waals surface area contributed by atoms with E-state index in [4.69, 9.17) is 4.74 Å². The molecule has 1 atom stereocenters. The van der Waals surface area contributed by atoms with E-state index in [0.29, 0.717) is 0 Å². The molecule has 0 bridgehead atoms. The third-order valence-corrected chi connectivity index (χ3v) is 3.45. The van der Waals surface area contributed by atoms with Gasteiger partial charge in [0.25, 0.3) is 0 Å². The molecule has 0 aliphatic rings. The first kappa shape index (κ1) is 14.5. The number of hydrogen-bond donors (Lipinski definition) is 1. The van der Waals surface area contributed by atoms with Crippen molar-refractivity contribution in [2.24, 2.45) is 0 Å². The first-order valence-corrected chi connectivity index (χ1v) is 7.26. The maximum Gasteiger partial charge on any atom is 0.119 e. The minimum absolute atomic E-state index is 0.250. The summed E-state index contributed by atoms with van der Waals surface area (Å²) < 4.78 is 7.74. The zero-order chi connectivity index (χ0) is 14.5. The van der Waals surface area contributed by atoms with Crippen LogP contribution in [0.3, 0.4) is 0 Å². The lowest BCUT2D eigenvalue weighted by Gasteiger charge is -2.20. The van der Waals surface area contributed by atoms with Crippen molar-refractivity contribution in [1.29, 1.82) is 0 Å². The van der Waals surface area contributed by atoms with Gasteiger partial charge in [-0.25, -0.2) is 0 Å². The second kappa shape index (κ2) is 6.51. The highest BCUT2D eigenvalue weighted by molar-refractivity contribution is 5.30. The maximum absolute atomic E-state index is 5.61. The van der Waals surface area contributed by atoms with Gasteiger partial charge in [-0.1, -0.05) is 19.1 Å². The quantitative estimate of drug-likeness (QED) is 0.853. The van der Waals surface area contributed by atoms with E-state index in [1.807, 2.05) is 12.1 Å². The number of benzene rings is 1. The first-order chi connectivity index (χ1) is 9.61. The van der Waals surface area contributed by atoms with Crippen molar-refractivity contribution in [1.82, 2.24) is 4.68 Å². The highest BCUT2D eigenvalue weighted by atomic mass is 16.5. The average molecular weight is 272 g/mol. The van der Waals surface area contributed by atoms with Crippen molar-refractivity contribution in [3.8, 4) is 5.75 Å². The molecular formula is C17H24N2O. The highest BCUT2D eigenvalue weighted by Crippen LogP contribution is 2.19. The highest BCUT2D eigenvalue weighted by Gasteiger charge is 2.08. The van der Waals surface area contributed by atoms with Crippen LogP contribution in [0.5, 0.6) is 5.75 Å². The Morgan fingerprint density at radius 2 is 1.65 bits per heavy atom. The monoisotopic (exact) mass is 272 g/mol. The minimum atomic E-state index is 0.250. The van der Waals surface area contributed by atoms with Gasteiger partial charge in [0.15, 0.2) is 0 Å². The largest absolute Gasteiger partial charge is 0.494 e. The maximum atomic E-state index is 5.61. The van der Waals surface area contributed by atoms with Crippen molar-refractivity contribution in [2.75, 3.05) is 12.0 Å². The van der Waals surface area contributed by atoms with Gasteiger partial charge >= 0.3 is 0 Å². The van der Waals surface area contributed by atoms with E-state index in [9.17, 15) is 0 Å². The van der Waals surface area contributed by atoms with Gasteiger partial charge in [0.05, 0.1) is 12.6 Å². The van der Waals surface area contributed by atoms with Gasteiger partial charge in [-0.3, -0.25) is 4.68 Å². The summed E-state index contributed by atoms with van der Waals surface area (Å²) in [5, 5.41) is 0. The molecule has 20 heavy (non-hydrogen) atoms. The van der Waals surface area contributed by atoms with Crippen LogP contribution in [0.1, 0.15) is 43.3 Å². The summed E-state index contributed by atoms with van der Waals surface area (Å²) in [5.41, 5.74) is 7.20. The number of aryl methyl sites for hydroxylation is 2. The fraction of sp³-hybridized carbons (Fsp3) is 0.412. The summed E-state index contributed by atoms with van der Waals surface area (Å²) in [6.07, 6.45) is 1.03. The molecule has 0 amide bonds. The predicted molar refractivity (Wildman–Crippen MR) is 83.9 cm³/mol. The van der Waals surface area contributed by atoms with Crippen molar-refractivity contribution in [3.05, 3.63) is 53.3 Å². The third kappa shape index (κ3) is 3.35. The van der Waals surface area contributed by atoms with E-state index < -0.39 is 0 Å². The van der Waals surface area contributed by atoms with Gasteiger partial charge in [0, 0.05) is 11.4 Å². The molecule has 0 aliphatic carbocycles. The predicted octanol–water partition coefficient (Wildman–Crippen LogP) is 4.20. The van der Waals surface area contributed by atoms with Crippen LogP contribution in [0.15, 0.2) is 36.4 Å². The Balaban J connectivity index is 2.04. The van der Waals surface area contributed by atoms with Crippen molar-refractivity contribution in [2.45, 2.75) is 40.2 Å². The Labute approximate surface area is 121 Å². The zero-order valence-corrected chi connectivity index (χ0v) is 12.8. The second-order valence-electron chi connectivity index (χ2n) is 5.22. The normalized spacial score (nSPS) is 12.2. The summed E-state index contributed by atoms with van der Waals surface area (Å²) >= 11 is 0. The molecule has 1 heterocycles. The van der Waals surface area contributed by atoms with Crippen LogP contribution in [0.2, 0.25) is 0 Å². The Morgan fingerprint density at radius 3 is 2.20 bits per heavy atom. The van der Waals surface area contributed by atoms with E-state index >= 15 is 0 Å². The van der Waals surface area contributed by atoms with E-state index in [1.54, 1.807) is 0 Å². The van der Waals surface area contributed by atoms with Crippen molar-refractivity contribution < 1.29 is 4.74 Å². The third-order valence-electron chi connectivity index (χ3n) is 3.45. The van der Waals surface area contributed by atoms with Crippen LogP contribution in [-0.2, 0) is 0 Å². The molecule has 0 spiro atoms. The molecule has 0 radical (unpaired) electrons. The Kier molecular flexibility index (Phi) is 4.72. The molecule has 1 unspecified atom stereocenters. The van der Waals surface area contributed by atoms with Crippen molar-refractivity contribution >= 4 is 0 Å². The lowest BCUT2D eigenvalue weighted by Crippen LogP contribution is -2.20. The number of rotatable bonds is 6. The molecule has 1 aromatic carbocycles. The van der Waals surface area contributed by atoms with Gasteiger partial charge in [-0.15, -0.1) is 0 Å². The van der Waals surface area contributed by atoms with Crippen LogP contribution in [-0.4, -0.2) is 11.3 Å². The van der Waals surface area contributed by atoms with Crippen LogP contribution < -0.4 is 10.2 Å². The zero-order valence-electron chi connectivity index (χ0n) is 12.8. The second-order valence-corrected chi connectivity index (χ2v) is 5.22. The number of ether oxygens (including phenoxy) is 1. The van der Waals surface area contributed by atoms with Crippen LogP contribution in [0, 0.1) is 13.8 Å². The summed E-state index contributed by atoms with van der Waals surface area (Å²) in [5.74, 6) is 0.941. The van der Waals surface area contributed by atoms with Gasteiger partial charge in [-0.2, -0.15) is 0 Å². The molecule has 0 saturated heterocycles. The van der Waals surface area contributed by atoms with E-state index in [2.05, 4.69) is 62.1 Å². The molecule has 3 nitrogen and oxygen atoms in total. The molecule has 108 valence electrons. The Morgan fingerprint density at radius 1 is 1.05 bits per heavy atom.